The zero-order valence-corrected chi connectivity index (χ0v) is 11.0. The summed E-state index contributed by atoms with van der Waals surface area (Å²) in [6.07, 6.45) is -5.47. The molecule has 0 aliphatic carbocycles. The van der Waals surface area contributed by atoms with Crippen molar-refractivity contribution in [1.29, 1.82) is 5.26 Å². The molecule has 1 aromatic rings. The van der Waals surface area contributed by atoms with Crippen molar-refractivity contribution < 1.29 is 26.7 Å². The number of benzene rings is 1. The van der Waals surface area contributed by atoms with E-state index in [0.29, 0.717) is 5.56 Å². The summed E-state index contributed by atoms with van der Waals surface area (Å²) >= 11 is 0. The van der Waals surface area contributed by atoms with Gasteiger partial charge in [-0.25, -0.2) is 8.42 Å². The molecule has 20 heavy (non-hydrogen) atoms. The van der Waals surface area contributed by atoms with Crippen molar-refractivity contribution in [3.63, 3.8) is 0 Å². The molecule has 3 N–H and O–H groups in total. The zero-order chi connectivity index (χ0) is 15.8. The number of hydrogen-bond acceptors (Lipinski definition) is 5. The fourth-order valence-corrected chi connectivity index (χ4v) is 2.95. The molecule has 5 nitrogen and oxygen atoms in total. The Bertz CT molecular complexity index is 630. The third-order valence-electron chi connectivity index (χ3n) is 2.63. The van der Waals surface area contributed by atoms with Gasteiger partial charge in [-0.2, -0.15) is 18.4 Å². The molecule has 2 atom stereocenters. The van der Waals surface area contributed by atoms with E-state index in [9.17, 15) is 26.7 Å². The zero-order valence-electron chi connectivity index (χ0n) is 10.2. The number of nitrogens with two attached hydrogens (primary N) is 1. The number of aliphatic hydroxyl groups is 1. The molecule has 0 fully saturated rings. The van der Waals surface area contributed by atoms with Crippen LogP contribution in [0.1, 0.15) is 5.56 Å². The molecule has 1 aromatic carbocycles. The van der Waals surface area contributed by atoms with E-state index in [1.165, 1.54) is 12.1 Å². The highest BCUT2D eigenvalue weighted by Gasteiger charge is 2.61. The van der Waals surface area contributed by atoms with Crippen LogP contribution in [0.5, 0.6) is 0 Å². The molecule has 0 bridgehead atoms. The summed E-state index contributed by atoms with van der Waals surface area (Å²) in [4.78, 5) is -0.525. The second-order valence-corrected chi connectivity index (χ2v) is 6.22. The molecule has 110 valence electrons. The Morgan fingerprint density at radius 1 is 1.30 bits per heavy atom. The van der Waals surface area contributed by atoms with Crippen LogP contribution in [0.3, 0.4) is 0 Å². The highest BCUT2D eigenvalue weighted by atomic mass is 32.2. The molecule has 0 aliphatic heterocycles. The number of nitriles is 1. The Labute approximate surface area is 113 Å². The number of aryl methyl sites for hydroxylation is 1. The fraction of sp³-hybridized carbons (Fsp3) is 0.364. The average Bonchev–Trinajstić information content (AvgIpc) is 2.28. The average molecular weight is 308 g/mol. The van der Waals surface area contributed by atoms with Crippen LogP contribution in [0.4, 0.5) is 13.2 Å². The summed E-state index contributed by atoms with van der Waals surface area (Å²) in [5, 5.41) is 15.1. The SMILES string of the molecule is Cc1ccc(S(=O)(=O)C(C#N)C(N)(O)C(F)(F)F)cc1. The van der Waals surface area contributed by atoms with Crippen LogP contribution in [0, 0.1) is 18.3 Å². The largest absolute Gasteiger partial charge is 0.433 e. The van der Waals surface area contributed by atoms with Gasteiger partial charge in [-0.3, -0.25) is 5.73 Å². The van der Waals surface area contributed by atoms with E-state index < -0.39 is 31.9 Å². The summed E-state index contributed by atoms with van der Waals surface area (Å²) < 4.78 is 61.8. The molecule has 9 heteroatoms. The van der Waals surface area contributed by atoms with Crippen molar-refractivity contribution in [3.8, 4) is 6.07 Å². The molecular formula is C11H11F3N2O3S. The first kappa shape index (κ1) is 16.4. The number of alkyl halides is 3. The van der Waals surface area contributed by atoms with Gasteiger partial charge in [-0.15, -0.1) is 0 Å². The van der Waals surface area contributed by atoms with Crippen molar-refractivity contribution >= 4 is 9.84 Å². The fourth-order valence-electron chi connectivity index (χ4n) is 1.42. The van der Waals surface area contributed by atoms with Gasteiger partial charge in [-0.05, 0) is 19.1 Å². The van der Waals surface area contributed by atoms with Gasteiger partial charge >= 0.3 is 6.18 Å². The molecule has 2 unspecified atom stereocenters. The lowest BCUT2D eigenvalue weighted by Gasteiger charge is -2.29. The predicted octanol–water partition coefficient (Wildman–Crippen LogP) is 0.871. The van der Waals surface area contributed by atoms with Crippen molar-refractivity contribution in [3.05, 3.63) is 29.8 Å². The molecule has 0 aliphatic rings. The second kappa shape index (κ2) is 5.05. The first-order valence-electron chi connectivity index (χ1n) is 5.22. The maximum absolute atomic E-state index is 12.6. The van der Waals surface area contributed by atoms with Gasteiger partial charge in [0.1, 0.15) is 0 Å². The number of hydrogen-bond donors (Lipinski definition) is 2. The number of nitrogens with zero attached hydrogens (tertiary/aromatic N) is 1. The second-order valence-electron chi connectivity index (χ2n) is 4.19. The molecule has 0 saturated carbocycles. The Balaban J connectivity index is 3.39. The van der Waals surface area contributed by atoms with Crippen LogP contribution in [0.15, 0.2) is 29.2 Å². The Morgan fingerprint density at radius 2 is 1.75 bits per heavy atom. The van der Waals surface area contributed by atoms with E-state index in [4.69, 9.17) is 5.26 Å². The van der Waals surface area contributed by atoms with Gasteiger partial charge < -0.3 is 5.11 Å². The van der Waals surface area contributed by atoms with Crippen LogP contribution < -0.4 is 5.73 Å². The Morgan fingerprint density at radius 3 is 2.10 bits per heavy atom. The third-order valence-corrected chi connectivity index (χ3v) is 4.65. The lowest BCUT2D eigenvalue weighted by atomic mass is 10.1. The molecule has 0 radical (unpaired) electrons. The maximum Gasteiger partial charge on any atom is 0.433 e. The maximum atomic E-state index is 12.6. The molecule has 0 heterocycles. The highest BCUT2D eigenvalue weighted by molar-refractivity contribution is 7.92. The van der Waals surface area contributed by atoms with E-state index >= 15 is 0 Å². The summed E-state index contributed by atoms with van der Waals surface area (Å²) in [6.45, 7) is 1.65. The van der Waals surface area contributed by atoms with E-state index in [2.05, 4.69) is 5.73 Å². The number of sulfone groups is 1. The summed E-state index contributed by atoms with van der Waals surface area (Å²) in [5.41, 5.74) is 1.15. The lowest BCUT2D eigenvalue weighted by molar-refractivity contribution is -0.254. The monoisotopic (exact) mass is 308 g/mol. The molecule has 1 rings (SSSR count). The van der Waals surface area contributed by atoms with Crippen molar-refractivity contribution in [2.24, 2.45) is 5.73 Å². The summed E-state index contributed by atoms with van der Waals surface area (Å²) in [6, 6.07) is 5.71. The molecule has 0 amide bonds. The van der Waals surface area contributed by atoms with Crippen LogP contribution in [0.25, 0.3) is 0 Å². The lowest BCUT2D eigenvalue weighted by Crippen LogP contribution is -2.63. The normalized spacial score (nSPS) is 17.1. The Kier molecular flexibility index (Phi) is 4.14. The van der Waals surface area contributed by atoms with Gasteiger partial charge in [0.15, 0.2) is 9.84 Å². The van der Waals surface area contributed by atoms with E-state index in [1.807, 2.05) is 0 Å². The van der Waals surface area contributed by atoms with Crippen molar-refractivity contribution in [2.75, 3.05) is 0 Å². The van der Waals surface area contributed by atoms with Gasteiger partial charge in [0.25, 0.3) is 0 Å². The van der Waals surface area contributed by atoms with Crippen LogP contribution in [-0.2, 0) is 9.84 Å². The topological polar surface area (TPSA) is 104 Å². The first-order valence-corrected chi connectivity index (χ1v) is 6.77. The van der Waals surface area contributed by atoms with Crippen LogP contribution in [0.2, 0.25) is 0 Å². The Hall–Kier alpha value is -1.63. The minimum atomic E-state index is -5.47. The number of halogens is 3. The van der Waals surface area contributed by atoms with Gasteiger partial charge in [0, 0.05) is 0 Å². The van der Waals surface area contributed by atoms with Gasteiger partial charge in [0.2, 0.25) is 11.0 Å². The summed E-state index contributed by atoms with van der Waals surface area (Å²) in [5.74, 6) is 0. The van der Waals surface area contributed by atoms with Crippen molar-refractivity contribution in [2.45, 2.75) is 29.0 Å². The minimum Gasteiger partial charge on any atom is -0.366 e. The minimum absolute atomic E-state index is 0.525. The van der Waals surface area contributed by atoms with Crippen LogP contribution >= 0.6 is 0 Å². The molecule has 0 spiro atoms. The number of rotatable bonds is 3. The molecule has 0 aromatic heterocycles. The first-order chi connectivity index (χ1) is 8.94. The van der Waals surface area contributed by atoms with E-state index in [0.717, 1.165) is 18.2 Å². The summed E-state index contributed by atoms with van der Waals surface area (Å²) in [7, 11) is -4.76. The quantitative estimate of drug-likeness (QED) is 0.806. The van der Waals surface area contributed by atoms with Gasteiger partial charge in [0.05, 0.1) is 11.0 Å². The molecule has 0 saturated heterocycles. The molecular weight excluding hydrogens is 297 g/mol. The van der Waals surface area contributed by atoms with Crippen LogP contribution in [-0.4, -0.2) is 30.7 Å². The van der Waals surface area contributed by atoms with Crippen molar-refractivity contribution in [1.82, 2.24) is 0 Å². The third kappa shape index (κ3) is 2.77. The van der Waals surface area contributed by atoms with E-state index in [-0.39, 0.29) is 0 Å². The standard InChI is InChI=1S/C11H11F3N2O3S/c1-7-2-4-8(5-3-7)20(18,19)9(6-15)10(16,17)11(12,13)14/h2-5,9,17H,16H2,1H3. The predicted molar refractivity (Wildman–Crippen MR) is 63.0 cm³/mol. The highest BCUT2D eigenvalue weighted by Crippen LogP contribution is 2.34. The smallest absolute Gasteiger partial charge is 0.366 e. The van der Waals surface area contributed by atoms with E-state index in [1.54, 1.807) is 6.92 Å². The van der Waals surface area contributed by atoms with Gasteiger partial charge in [-0.1, -0.05) is 17.7 Å².